The van der Waals surface area contributed by atoms with Gasteiger partial charge in [-0.1, -0.05) is 19.1 Å². The third-order valence-corrected chi connectivity index (χ3v) is 4.25. The topological polar surface area (TPSA) is 35.2 Å². The Morgan fingerprint density at radius 2 is 1.95 bits per heavy atom. The van der Waals surface area contributed by atoms with Gasteiger partial charge in [0.15, 0.2) is 0 Å². The second-order valence-electron chi connectivity index (χ2n) is 4.48. The molecule has 0 saturated heterocycles. The van der Waals surface area contributed by atoms with Gasteiger partial charge < -0.3 is 10.5 Å². The van der Waals surface area contributed by atoms with Gasteiger partial charge in [-0.15, -0.1) is 11.3 Å². The number of hydrogen-bond donors (Lipinski definition) is 1. The third-order valence-electron chi connectivity index (χ3n) is 3.00. The lowest BCUT2D eigenvalue weighted by atomic mass is 10.0. The van der Waals surface area contributed by atoms with Crippen LogP contribution < -0.4 is 10.5 Å². The molecule has 2 N–H and O–H groups in total. The zero-order chi connectivity index (χ0) is 14.5. The Labute approximate surface area is 121 Å². The molecule has 0 spiro atoms. The molecule has 1 aromatic carbocycles. The Bertz CT molecular complexity index is 556. The van der Waals surface area contributed by atoms with Crippen molar-refractivity contribution in [2.75, 3.05) is 0 Å². The molecule has 20 heavy (non-hydrogen) atoms. The summed E-state index contributed by atoms with van der Waals surface area (Å²) in [5, 5.41) is 0. The second kappa shape index (κ2) is 6.81. The fraction of sp³-hybridized carbons (Fsp3) is 0.333. The van der Waals surface area contributed by atoms with Crippen LogP contribution >= 0.6 is 11.3 Å². The molecule has 2 nitrogen and oxygen atoms in total. The summed E-state index contributed by atoms with van der Waals surface area (Å²) in [4.78, 5) is 2.52. The van der Waals surface area contributed by atoms with E-state index in [1.807, 2.05) is 6.07 Å². The van der Waals surface area contributed by atoms with Gasteiger partial charge in [0.2, 0.25) is 0 Å². The van der Waals surface area contributed by atoms with Crippen molar-refractivity contribution in [2.45, 2.75) is 32.4 Å². The molecule has 0 fully saturated rings. The maximum absolute atomic E-state index is 12.2. The zero-order valence-corrected chi connectivity index (χ0v) is 12.0. The van der Waals surface area contributed by atoms with Crippen LogP contribution in [-0.2, 0) is 12.8 Å². The van der Waals surface area contributed by atoms with Crippen molar-refractivity contribution in [3.63, 3.8) is 0 Å². The number of halogens is 2. The van der Waals surface area contributed by atoms with Crippen molar-refractivity contribution >= 4 is 11.3 Å². The quantitative estimate of drug-likeness (QED) is 0.869. The SMILES string of the molecule is CCc1ccc(CC(N)c2cccc(OC(F)F)c2)s1. The zero-order valence-electron chi connectivity index (χ0n) is 11.2. The summed E-state index contributed by atoms with van der Waals surface area (Å²) in [6.45, 7) is -0.702. The van der Waals surface area contributed by atoms with Crippen molar-refractivity contribution < 1.29 is 13.5 Å². The van der Waals surface area contributed by atoms with E-state index in [2.05, 4.69) is 23.8 Å². The summed E-state index contributed by atoms with van der Waals surface area (Å²) in [6, 6.07) is 10.5. The largest absolute Gasteiger partial charge is 0.435 e. The van der Waals surface area contributed by atoms with E-state index in [1.54, 1.807) is 23.5 Å². The minimum Gasteiger partial charge on any atom is -0.435 e. The van der Waals surface area contributed by atoms with Gasteiger partial charge in [0, 0.05) is 22.2 Å². The summed E-state index contributed by atoms with van der Waals surface area (Å²) in [5.41, 5.74) is 6.94. The van der Waals surface area contributed by atoms with Gasteiger partial charge in [-0.3, -0.25) is 0 Å². The van der Waals surface area contributed by atoms with Crippen LogP contribution in [0.1, 0.15) is 28.3 Å². The standard InChI is InChI=1S/C15H17F2NOS/c1-2-12-6-7-13(20-12)9-14(18)10-4-3-5-11(8-10)19-15(16)17/h3-8,14-15H,2,9,18H2,1H3. The Hall–Kier alpha value is -1.46. The van der Waals surface area contributed by atoms with E-state index in [-0.39, 0.29) is 11.8 Å². The van der Waals surface area contributed by atoms with Crippen molar-refractivity contribution in [1.29, 1.82) is 0 Å². The molecule has 1 atom stereocenters. The Balaban J connectivity index is 2.06. The molecule has 0 amide bonds. The van der Waals surface area contributed by atoms with Gasteiger partial charge in [0.05, 0.1) is 0 Å². The Morgan fingerprint density at radius 1 is 1.20 bits per heavy atom. The van der Waals surface area contributed by atoms with Crippen LogP contribution in [0.2, 0.25) is 0 Å². The van der Waals surface area contributed by atoms with Crippen LogP contribution in [0, 0.1) is 0 Å². The fourth-order valence-corrected chi connectivity index (χ4v) is 2.99. The number of nitrogens with two attached hydrogens (primary N) is 1. The first-order valence-electron chi connectivity index (χ1n) is 6.46. The maximum atomic E-state index is 12.2. The predicted octanol–water partition coefficient (Wildman–Crippen LogP) is 4.15. The van der Waals surface area contributed by atoms with Crippen molar-refractivity contribution in [3.05, 3.63) is 51.7 Å². The van der Waals surface area contributed by atoms with Gasteiger partial charge in [-0.25, -0.2) is 0 Å². The normalized spacial score (nSPS) is 12.7. The lowest BCUT2D eigenvalue weighted by molar-refractivity contribution is -0.0498. The predicted molar refractivity (Wildman–Crippen MR) is 77.4 cm³/mol. The second-order valence-corrected chi connectivity index (χ2v) is 5.74. The van der Waals surface area contributed by atoms with Gasteiger partial charge in [0.25, 0.3) is 0 Å². The van der Waals surface area contributed by atoms with Gasteiger partial charge in [-0.05, 0) is 36.2 Å². The maximum Gasteiger partial charge on any atom is 0.387 e. The molecule has 0 saturated carbocycles. The third kappa shape index (κ3) is 4.02. The van der Waals surface area contributed by atoms with Crippen LogP contribution in [-0.4, -0.2) is 6.61 Å². The highest BCUT2D eigenvalue weighted by Crippen LogP contribution is 2.25. The lowest BCUT2D eigenvalue weighted by Gasteiger charge is -2.12. The van der Waals surface area contributed by atoms with Crippen LogP contribution in [0.5, 0.6) is 5.75 Å². The highest BCUT2D eigenvalue weighted by molar-refractivity contribution is 7.11. The smallest absolute Gasteiger partial charge is 0.387 e. The van der Waals surface area contributed by atoms with E-state index >= 15 is 0 Å². The molecule has 2 rings (SSSR count). The highest BCUT2D eigenvalue weighted by atomic mass is 32.1. The van der Waals surface area contributed by atoms with Crippen LogP contribution in [0.15, 0.2) is 36.4 Å². The van der Waals surface area contributed by atoms with E-state index in [1.165, 1.54) is 15.8 Å². The number of rotatable bonds is 6. The number of hydrogen-bond acceptors (Lipinski definition) is 3. The lowest BCUT2D eigenvalue weighted by Crippen LogP contribution is -2.13. The molecule has 2 aromatic rings. The number of ether oxygens (including phenoxy) is 1. The molecule has 0 bridgehead atoms. The molecule has 1 heterocycles. The monoisotopic (exact) mass is 297 g/mol. The summed E-state index contributed by atoms with van der Waals surface area (Å²) >= 11 is 1.74. The van der Waals surface area contributed by atoms with Gasteiger partial charge in [0.1, 0.15) is 5.75 Å². The molecule has 0 radical (unpaired) electrons. The molecule has 5 heteroatoms. The van der Waals surface area contributed by atoms with Crippen LogP contribution in [0.3, 0.4) is 0 Å². The van der Waals surface area contributed by atoms with Crippen molar-refractivity contribution in [3.8, 4) is 5.75 Å². The molecule has 1 aromatic heterocycles. The minimum atomic E-state index is -2.81. The number of thiophene rings is 1. The molecule has 0 aliphatic carbocycles. The Kier molecular flexibility index (Phi) is 5.09. The van der Waals surface area contributed by atoms with E-state index < -0.39 is 6.61 Å². The van der Waals surface area contributed by atoms with Crippen LogP contribution in [0.4, 0.5) is 8.78 Å². The minimum absolute atomic E-state index is 0.147. The first kappa shape index (κ1) is 14.9. The van der Waals surface area contributed by atoms with E-state index in [0.717, 1.165) is 12.0 Å². The fourth-order valence-electron chi connectivity index (χ4n) is 1.98. The number of benzene rings is 1. The van der Waals surface area contributed by atoms with Crippen molar-refractivity contribution in [1.82, 2.24) is 0 Å². The average molecular weight is 297 g/mol. The van der Waals surface area contributed by atoms with E-state index in [0.29, 0.717) is 6.42 Å². The summed E-state index contributed by atoms with van der Waals surface area (Å²) < 4.78 is 28.8. The van der Waals surface area contributed by atoms with Gasteiger partial charge in [-0.2, -0.15) is 8.78 Å². The summed E-state index contributed by atoms with van der Waals surface area (Å²) in [7, 11) is 0. The molecule has 0 aliphatic heterocycles. The number of alkyl halides is 2. The number of aryl methyl sites for hydroxylation is 1. The first-order chi connectivity index (χ1) is 9.58. The van der Waals surface area contributed by atoms with Crippen molar-refractivity contribution in [2.24, 2.45) is 5.73 Å². The first-order valence-corrected chi connectivity index (χ1v) is 7.28. The average Bonchev–Trinajstić information content (AvgIpc) is 2.86. The summed E-state index contributed by atoms with van der Waals surface area (Å²) in [5.74, 6) is 0.147. The molecular formula is C15H17F2NOS. The van der Waals surface area contributed by atoms with E-state index in [4.69, 9.17) is 5.73 Å². The van der Waals surface area contributed by atoms with E-state index in [9.17, 15) is 8.78 Å². The molecule has 0 aliphatic rings. The van der Waals surface area contributed by atoms with Crippen LogP contribution in [0.25, 0.3) is 0 Å². The highest BCUT2D eigenvalue weighted by Gasteiger charge is 2.11. The molecule has 108 valence electrons. The van der Waals surface area contributed by atoms with Gasteiger partial charge >= 0.3 is 6.61 Å². The summed E-state index contributed by atoms with van der Waals surface area (Å²) in [6.07, 6.45) is 1.71. The molecular weight excluding hydrogens is 280 g/mol. The molecule has 1 unspecified atom stereocenters. The Morgan fingerprint density at radius 3 is 2.60 bits per heavy atom.